The van der Waals surface area contributed by atoms with E-state index >= 15 is 0 Å². The normalized spacial score (nSPS) is 11.1. The smallest absolute Gasteiger partial charge is 0.308 e. The molecule has 3 aromatic rings. The minimum Gasteiger partial charge on any atom is -0.308 e. The van der Waals surface area contributed by atoms with Gasteiger partial charge in [-0.05, 0) is 42.1 Å². The Morgan fingerprint density at radius 3 is 2.39 bits per heavy atom. The van der Waals surface area contributed by atoms with E-state index in [0.717, 1.165) is 23.9 Å². The highest BCUT2D eigenvalue weighted by atomic mass is 35.5. The van der Waals surface area contributed by atoms with Gasteiger partial charge in [0.2, 0.25) is 0 Å². The molecule has 0 aliphatic heterocycles. The molecule has 1 aromatic carbocycles. The van der Waals surface area contributed by atoms with Crippen molar-refractivity contribution in [3.8, 4) is 0 Å². The summed E-state index contributed by atoms with van der Waals surface area (Å²) in [7, 11) is 1.30. The first-order valence-corrected chi connectivity index (χ1v) is 10.1. The van der Waals surface area contributed by atoms with Crippen LogP contribution in [-0.2, 0) is 11.0 Å². The van der Waals surface area contributed by atoms with Gasteiger partial charge in [0.1, 0.15) is 22.1 Å². The Morgan fingerprint density at radius 2 is 1.73 bits per heavy atom. The van der Waals surface area contributed by atoms with Crippen molar-refractivity contribution in [3.63, 3.8) is 0 Å². The third kappa shape index (κ3) is 6.78. The van der Waals surface area contributed by atoms with Gasteiger partial charge in [-0.1, -0.05) is 11.6 Å². The molecule has 9 nitrogen and oxygen atoms in total. The predicted molar refractivity (Wildman–Crippen MR) is 114 cm³/mol. The van der Waals surface area contributed by atoms with Crippen molar-refractivity contribution in [2.75, 3.05) is 17.7 Å². The molecule has 0 atom stereocenters. The van der Waals surface area contributed by atoms with E-state index in [1.165, 1.54) is 37.8 Å². The molecular formula is C19H14ClF3N6O3S. The molecule has 0 aliphatic rings. The number of hydrogen-bond acceptors (Lipinski definition) is 7. The lowest BCUT2D eigenvalue weighted by atomic mass is 10.2. The van der Waals surface area contributed by atoms with Crippen molar-refractivity contribution in [1.29, 1.82) is 0 Å². The van der Waals surface area contributed by atoms with Gasteiger partial charge >= 0.3 is 12.2 Å². The first kappa shape index (κ1) is 24.2. The Balaban J connectivity index is 1.61. The number of anilines is 2. The molecular weight excluding hydrogens is 485 g/mol. The van der Waals surface area contributed by atoms with Crippen LogP contribution in [0.3, 0.4) is 0 Å². The molecule has 0 radical (unpaired) electrons. The van der Waals surface area contributed by atoms with E-state index in [2.05, 4.69) is 35.9 Å². The number of alkyl halides is 3. The second-order valence-corrected chi connectivity index (χ2v) is 7.58. The second kappa shape index (κ2) is 10.5. The summed E-state index contributed by atoms with van der Waals surface area (Å²) in [4.78, 5) is 40.5. The quantitative estimate of drug-likeness (QED) is 0.335. The molecule has 0 bridgehead atoms. The molecule has 0 saturated carbocycles. The summed E-state index contributed by atoms with van der Waals surface area (Å²) in [6.07, 6.45) is -2.08. The van der Waals surface area contributed by atoms with Gasteiger partial charge in [0.05, 0.1) is 29.6 Å². The summed E-state index contributed by atoms with van der Waals surface area (Å²) < 4.78 is 38.8. The van der Waals surface area contributed by atoms with Gasteiger partial charge in [-0.2, -0.15) is 13.2 Å². The molecule has 0 saturated heterocycles. The summed E-state index contributed by atoms with van der Waals surface area (Å²) in [6, 6.07) is 6.84. The van der Waals surface area contributed by atoms with E-state index in [0.29, 0.717) is 15.7 Å². The number of halogens is 4. The maximum absolute atomic E-state index is 12.9. The van der Waals surface area contributed by atoms with Crippen LogP contribution < -0.4 is 16.1 Å². The summed E-state index contributed by atoms with van der Waals surface area (Å²) >= 11 is 6.71. The molecule has 0 spiro atoms. The van der Waals surface area contributed by atoms with Crippen LogP contribution in [-0.4, -0.2) is 34.0 Å². The Morgan fingerprint density at radius 1 is 1.00 bits per heavy atom. The SMILES string of the molecule is CONC(=O)c1cc(Sc2ccc(NC(=O)Nc3ccc(Cl)c(C(F)(F)F)c3)cn2)ncn1. The van der Waals surface area contributed by atoms with Crippen LogP contribution >= 0.6 is 23.4 Å². The van der Waals surface area contributed by atoms with Crippen LogP contribution in [0, 0.1) is 0 Å². The van der Waals surface area contributed by atoms with E-state index in [1.54, 1.807) is 6.07 Å². The van der Waals surface area contributed by atoms with Crippen molar-refractivity contribution in [3.05, 3.63) is 65.2 Å². The minimum absolute atomic E-state index is 0.0820. The second-order valence-electron chi connectivity index (χ2n) is 6.14. The summed E-state index contributed by atoms with van der Waals surface area (Å²) in [5.74, 6) is -0.539. The molecule has 33 heavy (non-hydrogen) atoms. The Hall–Kier alpha value is -3.42. The molecule has 3 N–H and O–H groups in total. The van der Waals surface area contributed by atoms with Crippen LogP contribution in [0.25, 0.3) is 0 Å². The Labute approximate surface area is 194 Å². The lowest BCUT2D eigenvalue weighted by Gasteiger charge is -2.12. The fourth-order valence-electron chi connectivity index (χ4n) is 2.40. The number of nitrogens with one attached hydrogen (secondary N) is 3. The molecule has 0 fully saturated rings. The standard InChI is InChI=1S/C19H14ClF3N6O3S/c1-32-29-17(30)14-7-16(26-9-25-14)33-15-5-3-11(8-24-15)28-18(31)27-10-2-4-13(20)12(6-10)19(21,22)23/h2-9H,1H3,(H,29,30)(H2,27,28,31). The molecule has 3 rings (SSSR count). The van der Waals surface area contributed by atoms with Crippen molar-refractivity contribution >= 4 is 46.7 Å². The first-order valence-electron chi connectivity index (χ1n) is 8.89. The lowest BCUT2D eigenvalue weighted by Crippen LogP contribution is -2.22. The number of nitrogens with zero attached hydrogens (tertiary/aromatic N) is 3. The van der Waals surface area contributed by atoms with Gasteiger partial charge in [-0.25, -0.2) is 25.2 Å². The molecule has 14 heteroatoms. The van der Waals surface area contributed by atoms with Gasteiger partial charge in [-0.15, -0.1) is 0 Å². The number of carbonyl (C=O) groups excluding carboxylic acids is 2. The highest BCUT2D eigenvalue weighted by Gasteiger charge is 2.33. The number of rotatable bonds is 6. The fraction of sp³-hybridized carbons (Fsp3) is 0.105. The zero-order valence-corrected chi connectivity index (χ0v) is 18.2. The number of hydroxylamine groups is 1. The highest BCUT2D eigenvalue weighted by Crippen LogP contribution is 2.36. The van der Waals surface area contributed by atoms with Crippen molar-refractivity contribution in [2.24, 2.45) is 0 Å². The molecule has 0 unspecified atom stereocenters. The van der Waals surface area contributed by atoms with Gasteiger partial charge in [0, 0.05) is 11.8 Å². The molecule has 172 valence electrons. The fourth-order valence-corrected chi connectivity index (χ4v) is 3.35. The lowest BCUT2D eigenvalue weighted by molar-refractivity contribution is -0.137. The number of amides is 3. The van der Waals surface area contributed by atoms with E-state index < -0.39 is 28.7 Å². The Bertz CT molecular complexity index is 1160. The minimum atomic E-state index is -4.65. The zero-order valence-electron chi connectivity index (χ0n) is 16.6. The van der Waals surface area contributed by atoms with E-state index in [4.69, 9.17) is 11.6 Å². The Kier molecular flexibility index (Phi) is 7.68. The number of aromatic nitrogens is 3. The molecule has 2 aromatic heterocycles. The molecule has 3 amide bonds. The monoisotopic (exact) mass is 498 g/mol. The van der Waals surface area contributed by atoms with Gasteiger partial charge in [-0.3, -0.25) is 9.63 Å². The number of pyridine rings is 1. The average Bonchev–Trinajstić information content (AvgIpc) is 2.76. The zero-order chi connectivity index (χ0) is 24.0. The third-order valence-electron chi connectivity index (χ3n) is 3.80. The molecule has 2 heterocycles. The number of urea groups is 1. The van der Waals surface area contributed by atoms with Crippen LogP contribution in [0.1, 0.15) is 16.1 Å². The van der Waals surface area contributed by atoms with Crippen molar-refractivity contribution in [2.45, 2.75) is 16.2 Å². The van der Waals surface area contributed by atoms with E-state index in [1.807, 2.05) is 0 Å². The van der Waals surface area contributed by atoms with Crippen LogP contribution in [0.5, 0.6) is 0 Å². The third-order valence-corrected chi connectivity index (χ3v) is 5.01. The molecule has 0 aliphatic carbocycles. The van der Waals surface area contributed by atoms with E-state index in [9.17, 15) is 22.8 Å². The van der Waals surface area contributed by atoms with Crippen LogP contribution in [0.2, 0.25) is 5.02 Å². The number of carbonyl (C=O) groups is 2. The van der Waals surface area contributed by atoms with Crippen molar-refractivity contribution in [1.82, 2.24) is 20.4 Å². The van der Waals surface area contributed by atoms with Gasteiger partial charge in [0.15, 0.2) is 0 Å². The predicted octanol–water partition coefficient (Wildman–Crippen LogP) is 4.63. The maximum Gasteiger partial charge on any atom is 0.417 e. The first-order chi connectivity index (χ1) is 15.7. The highest BCUT2D eigenvalue weighted by molar-refractivity contribution is 7.99. The number of hydrogen-bond donors (Lipinski definition) is 3. The van der Waals surface area contributed by atoms with Gasteiger partial charge in [0.25, 0.3) is 5.91 Å². The summed E-state index contributed by atoms with van der Waals surface area (Å²) in [6.45, 7) is 0. The van der Waals surface area contributed by atoms with Gasteiger partial charge < -0.3 is 10.6 Å². The summed E-state index contributed by atoms with van der Waals surface area (Å²) in [5, 5.41) is 5.25. The maximum atomic E-state index is 12.9. The average molecular weight is 499 g/mol. The largest absolute Gasteiger partial charge is 0.417 e. The van der Waals surface area contributed by atoms with Crippen LogP contribution in [0.15, 0.2) is 59.0 Å². The number of benzene rings is 1. The van der Waals surface area contributed by atoms with Crippen molar-refractivity contribution < 1.29 is 27.6 Å². The summed E-state index contributed by atoms with van der Waals surface area (Å²) in [5.41, 5.74) is 1.40. The topological polar surface area (TPSA) is 118 Å². The van der Waals surface area contributed by atoms with E-state index in [-0.39, 0.29) is 11.4 Å². The van der Waals surface area contributed by atoms with Crippen LogP contribution in [0.4, 0.5) is 29.3 Å².